The van der Waals surface area contributed by atoms with E-state index in [-0.39, 0.29) is 5.78 Å². The van der Waals surface area contributed by atoms with Crippen LogP contribution in [0.1, 0.15) is 20.8 Å². The molecule has 0 aliphatic rings. The quantitative estimate of drug-likeness (QED) is 0.334. The average Bonchev–Trinajstić information content (AvgIpc) is 3.15. The van der Waals surface area contributed by atoms with Crippen molar-refractivity contribution >= 4 is 28.8 Å². The lowest BCUT2D eigenvalue weighted by Crippen LogP contribution is -1.92. The SMILES string of the molecule is O=C(/C=C(\C=C\c1ccccc1)c1ccccc1)c1cccs1. The van der Waals surface area contributed by atoms with Crippen LogP contribution < -0.4 is 0 Å². The summed E-state index contributed by atoms with van der Waals surface area (Å²) in [5.74, 6) is 0.0385. The van der Waals surface area contributed by atoms with E-state index in [4.69, 9.17) is 0 Å². The van der Waals surface area contributed by atoms with E-state index in [9.17, 15) is 4.79 Å². The molecule has 0 saturated heterocycles. The maximum atomic E-state index is 12.4. The molecule has 0 radical (unpaired) electrons. The Morgan fingerprint density at radius 1 is 0.826 bits per heavy atom. The Morgan fingerprint density at radius 3 is 2.17 bits per heavy atom. The molecular weight excluding hydrogens is 300 g/mol. The smallest absolute Gasteiger partial charge is 0.196 e. The van der Waals surface area contributed by atoms with E-state index in [0.717, 1.165) is 21.6 Å². The third-order valence-electron chi connectivity index (χ3n) is 3.41. The lowest BCUT2D eigenvalue weighted by molar-refractivity contribution is 0.105. The zero-order valence-corrected chi connectivity index (χ0v) is 13.4. The summed E-state index contributed by atoms with van der Waals surface area (Å²) in [6.45, 7) is 0. The van der Waals surface area contributed by atoms with Gasteiger partial charge in [0.1, 0.15) is 0 Å². The minimum atomic E-state index is 0.0385. The van der Waals surface area contributed by atoms with Crippen molar-refractivity contribution in [1.82, 2.24) is 0 Å². The summed E-state index contributed by atoms with van der Waals surface area (Å²) >= 11 is 1.46. The summed E-state index contributed by atoms with van der Waals surface area (Å²) in [6, 6.07) is 23.8. The van der Waals surface area contributed by atoms with Crippen LogP contribution in [0, 0.1) is 0 Å². The molecule has 0 fully saturated rings. The Balaban J connectivity index is 1.94. The highest BCUT2D eigenvalue weighted by molar-refractivity contribution is 7.12. The summed E-state index contributed by atoms with van der Waals surface area (Å²) in [5.41, 5.74) is 3.05. The predicted molar refractivity (Wildman–Crippen MR) is 98.5 cm³/mol. The number of hydrogen-bond donors (Lipinski definition) is 0. The fourth-order valence-electron chi connectivity index (χ4n) is 2.24. The van der Waals surface area contributed by atoms with E-state index >= 15 is 0 Å². The van der Waals surface area contributed by atoms with Crippen molar-refractivity contribution in [3.05, 3.63) is 106 Å². The normalized spacial score (nSPS) is 11.7. The van der Waals surface area contributed by atoms with E-state index in [1.165, 1.54) is 11.3 Å². The Bertz CT molecular complexity index is 813. The van der Waals surface area contributed by atoms with Crippen molar-refractivity contribution in [2.45, 2.75) is 0 Å². The molecule has 0 saturated carbocycles. The lowest BCUT2D eigenvalue weighted by Gasteiger charge is -2.03. The van der Waals surface area contributed by atoms with Crippen LogP contribution in [0.15, 0.2) is 90.3 Å². The minimum Gasteiger partial charge on any atom is -0.288 e. The van der Waals surface area contributed by atoms with Crippen LogP contribution in [0.3, 0.4) is 0 Å². The number of rotatable bonds is 5. The number of ketones is 1. The monoisotopic (exact) mass is 316 g/mol. The fraction of sp³-hybridized carbons (Fsp3) is 0. The van der Waals surface area contributed by atoms with E-state index in [1.807, 2.05) is 90.3 Å². The summed E-state index contributed by atoms with van der Waals surface area (Å²) in [6.07, 6.45) is 5.73. The average molecular weight is 316 g/mol. The Kier molecular flexibility index (Phi) is 4.97. The molecular formula is C21H16OS. The first-order valence-electron chi connectivity index (χ1n) is 7.41. The van der Waals surface area contributed by atoms with Gasteiger partial charge in [-0.05, 0) is 34.2 Å². The van der Waals surface area contributed by atoms with E-state index in [1.54, 1.807) is 6.08 Å². The van der Waals surface area contributed by atoms with Gasteiger partial charge in [0.05, 0.1) is 4.88 Å². The van der Waals surface area contributed by atoms with Gasteiger partial charge >= 0.3 is 0 Å². The summed E-state index contributed by atoms with van der Waals surface area (Å²) in [7, 11) is 0. The number of benzene rings is 2. The van der Waals surface area contributed by atoms with Gasteiger partial charge in [-0.2, -0.15) is 0 Å². The molecule has 0 aliphatic carbocycles. The van der Waals surface area contributed by atoms with E-state index in [0.29, 0.717) is 0 Å². The van der Waals surface area contributed by atoms with Gasteiger partial charge in [-0.15, -0.1) is 11.3 Å². The molecule has 0 unspecified atom stereocenters. The molecule has 1 heterocycles. The highest BCUT2D eigenvalue weighted by atomic mass is 32.1. The van der Waals surface area contributed by atoms with Gasteiger partial charge in [0.25, 0.3) is 0 Å². The van der Waals surface area contributed by atoms with Crippen LogP contribution >= 0.6 is 11.3 Å². The topological polar surface area (TPSA) is 17.1 Å². The van der Waals surface area contributed by atoms with Crippen molar-refractivity contribution in [1.29, 1.82) is 0 Å². The first kappa shape index (κ1) is 15.2. The Hall–Kier alpha value is -2.71. The third kappa shape index (κ3) is 4.15. The molecule has 0 bridgehead atoms. The molecule has 112 valence electrons. The summed E-state index contributed by atoms with van der Waals surface area (Å²) in [5, 5.41) is 1.92. The van der Waals surface area contributed by atoms with Gasteiger partial charge in [0, 0.05) is 0 Å². The van der Waals surface area contributed by atoms with Crippen molar-refractivity contribution in [2.75, 3.05) is 0 Å². The molecule has 0 amide bonds. The van der Waals surface area contributed by atoms with Gasteiger partial charge in [0.15, 0.2) is 5.78 Å². The zero-order chi connectivity index (χ0) is 15.9. The van der Waals surface area contributed by atoms with Gasteiger partial charge in [-0.25, -0.2) is 0 Å². The fourth-order valence-corrected chi connectivity index (χ4v) is 2.88. The number of carbonyl (C=O) groups is 1. The second-order valence-corrected chi connectivity index (χ2v) is 6.00. The van der Waals surface area contributed by atoms with Gasteiger partial charge < -0.3 is 0 Å². The molecule has 3 rings (SSSR count). The Labute approximate surface area is 140 Å². The molecule has 0 N–H and O–H groups in total. The van der Waals surface area contributed by atoms with Crippen LogP contribution in [0.2, 0.25) is 0 Å². The van der Waals surface area contributed by atoms with Crippen molar-refractivity contribution in [3.63, 3.8) is 0 Å². The van der Waals surface area contributed by atoms with Crippen LogP contribution in [-0.4, -0.2) is 5.78 Å². The van der Waals surface area contributed by atoms with Crippen LogP contribution in [0.5, 0.6) is 0 Å². The largest absolute Gasteiger partial charge is 0.288 e. The molecule has 1 nitrogen and oxygen atoms in total. The molecule has 2 heteroatoms. The molecule has 0 spiro atoms. The second kappa shape index (κ2) is 7.52. The van der Waals surface area contributed by atoms with E-state index < -0.39 is 0 Å². The first-order valence-corrected chi connectivity index (χ1v) is 8.29. The van der Waals surface area contributed by atoms with Crippen LogP contribution in [0.25, 0.3) is 11.6 Å². The maximum Gasteiger partial charge on any atom is 0.196 e. The van der Waals surface area contributed by atoms with Crippen molar-refractivity contribution in [3.8, 4) is 0 Å². The summed E-state index contributed by atoms with van der Waals surface area (Å²) in [4.78, 5) is 13.2. The predicted octanol–water partition coefficient (Wildman–Crippen LogP) is 5.73. The number of allylic oxidation sites excluding steroid dienone is 3. The molecule has 3 aromatic rings. The molecule has 0 aliphatic heterocycles. The summed E-state index contributed by atoms with van der Waals surface area (Å²) < 4.78 is 0. The number of hydrogen-bond acceptors (Lipinski definition) is 2. The Morgan fingerprint density at radius 2 is 1.52 bits per heavy atom. The van der Waals surface area contributed by atoms with Gasteiger partial charge in [-0.3, -0.25) is 4.79 Å². The molecule has 0 atom stereocenters. The second-order valence-electron chi connectivity index (χ2n) is 5.05. The van der Waals surface area contributed by atoms with Crippen LogP contribution in [-0.2, 0) is 0 Å². The minimum absolute atomic E-state index is 0.0385. The van der Waals surface area contributed by atoms with Crippen molar-refractivity contribution in [2.24, 2.45) is 0 Å². The standard InChI is InChI=1S/C21H16OS/c22-20(21-12-7-15-23-21)16-19(18-10-5-2-6-11-18)14-13-17-8-3-1-4-9-17/h1-16H/b14-13+,19-16+. The van der Waals surface area contributed by atoms with Crippen molar-refractivity contribution < 1.29 is 4.79 Å². The number of thiophene rings is 1. The highest BCUT2D eigenvalue weighted by Gasteiger charge is 2.06. The van der Waals surface area contributed by atoms with Gasteiger partial charge in [0.2, 0.25) is 0 Å². The number of carbonyl (C=O) groups excluding carboxylic acids is 1. The third-order valence-corrected chi connectivity index (χ3v) is 4.30. The van der Waals surface area contributed by atoms with Gasteiger partial charge in [-0.1, -0.05) is 78.9 Å². The zero-order valence-electron chi connectivity index (χ0n) is 12.6. The first-order chi connectivity index (χ1) is 11.3. The van der Waals surface area contributed by atoms with Crippen LogP contribution in [0.4, 0.5) is 0 Å². The molecule has 2 aromatic carbocycles. The maximum absolute atomic E-state index is 12.4. The molecule has 1 aromatic heterocycles. The highest BCUT2D eigenvalue weighted by Crippen LogP contribution is 2.20. The molecule has 23 heavy (non-hydrogen) atoms. The lowest BCUT2D eigenvalue weighted by atomic mass is 10.0. The van der Waals surface area contributed by atoms with E-state index in [2.05, 4.69) is 0 Å².